The van der Waals surface area contributed by atoms with E-state index >= 15 is 0 Å². The predicted octanol–water partition coefficient (Wildman–Crippen LogP) is 5.27. The van der Waals surface area contributed by atoms with Gasteiger partial charge in [0.2, 0.25) is 10.9 Å². The Morgan fingerprint density at radius 2 is 1.94 bits per heavy atom. The largest absolute Gasteiger partial charge is 0.494 e. The highest BCUT2D eigenvalue weighted by molar-refractivity contribution is 7.15. The van der Waals surface area contributed by atoms with E-state index < -0.39 is 11.9 Å². The van der Waals surface area contributed by atoms with E-state index in [-0.39, 0.29) is 11.2 Å². The molecule has 0 unspecified atom stereocenters. The molecule has 0 spiro atoms. The van der Waals surface area contributed by atoms with Crippen molar-refractivity contribution in [2.45, 2.75) is 39.2 Å². The van der Waals surface area contributed by atoms with Gasteiger partial charge < -0.3 is 9.15 Å². The first-order valence-corrected chi connectivity index (χ1v) is 11.8. The lowest BCUT2D eigenvalue weighted by molar-refractivity contribution is 0.0970. The molecule has 0 fully saturated rings. The van der Waals surface area contributed by atoms with Gasteiger partial charge in [0.1, 0.15) is 16.3 Å². The van der Waals surface area contributed by atoms with E-state index in [0.29, 0.717) is 34.0 Å². The molecule has 1 aliphatic rings. The molecule has 0 N–H and O–H groups in total. The van der Waals surface area contributed by atoms with Crippen molar-refractivity contribution < 1.29 is 13.9 Å². The number of benzene rings is 2. The molecule has 3 heterocycles. The number of hydrogen-bond acceptors (Lipinski definition) is 7. The molecule has 7 nitrogen and oxygen atoms in total. The summed E-state index contributed by atoms with van der Waals surface area (Å²) in [6, 6.07) is 13.8. The number of aromatic nitrogens is 2. The van der Waals surface area contributed by atoms with Gasteiger partial charge in [-0.25, -0.2) is 0 Å². The van der Waals surface area contributed by atoms with Crippen molar-refractivity contribution in [3.63, 3.8) is 0 Å². The number of hydrogen-bond donors (Lipinski definition) is 0. The van der Waals surface area contributed by atoms with E-state index in [1.54, 1.807) is 24.3 Å². The minimum absolute atomic E-state index is 0.0471. The average molecular weight is 462 g/mol. The third-order valence-corrected chi connectivity index (χ3v) is 6.53. The van der Waals surface area contributed by atoms with Crippen molar-refractivity contribution in [3.8, 4) is 5.75 Å². The Morgan fingerprint density at radius 3 is 2.73 bits per heavy atom. The number of aryl methyl sites for hydroxylation is 1. The standard InChI is InChI=1S/C25H23N3O4S/c1-3-4-7-13-31-17-10-8-9-16(14-17)21-20-22(29)18-11-5-6-12-19(18)32-23(20)24(30)28(21)25-27-26-15(2)33-25/h5-6,8-12,14,21H,3-4,7,13H2,1-2H3/t21-/m0/s1. The molecule has 33 heavy (non-hydrogen) atoms. The van der Waals surface area contributed by atoms with Gasteiger partial charge in [0, 0.05) is 0 Å². The van der Waals surface area contributed by atoms with Gasteiger partial charge in [-0.1, -0.05) is 55.4 Å². The third-order valence-electron chi connectivity index (χ3n) is 5.69. The molecule has 0 radical (unpaired) electrons. The van der Waals surface area contributed by atoms with E-state index in [1.165, 1.54) is 16.2 Å². The lowest BCUT2D eigenvalue weighted by Gasteiger charge is -2.22. The zero-order valence-electron chi connectivity index (χ0n) is 18.4. The lowest BCUT2D eigenvalue weighted by Crippen LogP contribution is -2.29. The molecule has 8 heteroatoms. The number of nitrogens with zero attached hydrogens (tertiary/aromatic N) is 3. The molecule has 1 aliphatic heterocycles. The number of carbonyl (C=O) groups is 1. The van der Waals surface area contributed by atoms with Crippen molar-refractivity contribution in [2.24, 2.45) is 0 Å². The number of unbranched alkanes of at least 4 members (excludes halogenated alkanes) is 2. The molecule has 2 aromatic carbocycles. The minimum Gasteiger partial charge on any atom is -0.494 e. The molecule has 2 aromatic heterocycles. The number of ether oxygens (including phenoxy) is 1. The zero-order valence-corrected chi connectivity index (χ0v) is 19.2. The van der Waals surface area contributed by atoms with Crippen LogP contribution >= 0.6 is 11.3 Å². The van der Waals surface area contributed by atoms with Gasteiger partial charge in [-0.15, -0.1) is 10.2 Å². The molecule has 0 bridgehead atoms. The first kappa shape index (κ1) is 21.3. The number of fused-ring (bicyclic) bond motifs is 2. The van der Waals surface area contributed by atoms with E-state index in [9.17, 15) is 9.59 Å². The highest BCUT2D eigenvalue weighted by Gasteiger charge is 2.45. The molecule has 168 valence electrons. The summed E-state index contributed by atoms with van der Waals surface area (Å²) in [5, 5.41) is 9.87. The predicted molar refractivity (Wildman–Crippen MR) is 127 cm³/mol. The van der Waals surface area contributed by atoms with Crippen LogP contribution in [0.15, 0.2) is 57.7 Å². The molecular formula is C25H23N3O4S. The van der Waals surface area contributed by atoms with Crippen LogP contribution in [0.3, 0.4) is 0 Å². The summed E-state index contributed by atoms with van der Waals surface area (Å²) in [4.78, 5) is 28.6. The quantitative estimate of drug-likeness (QED) is 0.349. The molecule has 0 saturated carbocycles. The number of rotatable bonds is 7. The summed E-state index contributed by atoms with van der Waals surface area (Å²) < 4.78 is 11.9. The summed E-state index contributed by atoms with van der Waals surface area (Å²) in [5.41, 5.74) is 1.24. The second-order valence-corrected chi connectivity index (χ2v) is 9.14. The van der Waals surface area contributed by atoms with Gasteiger partial charge in [-0.05, 0) is 43.2 Å². The number of carbonyl (C=O) groups excluding carboxylic acids is 1. The summed E-state index contributed by atoms with van der Waals surface area (Å²) in [7, 11) is 0. The molecule has 5 rings (SSSR count). The summed E-state index contributed by atoms with van der Waals surface area (Å²) in [6.07, 6.45) is 3.18. The fraction of sp³-hybridized carbons (Fsp3) is 0.280. The van der Waals surface area contributed by atoms with E-state index in [2.05, 4.69) is 17.1 Å². The monoisotopic (exact) mass is 461 g/mol. The first-order valence-electron chi connectivity index (χ1n) is 11.0. The number of para-hydroxylation sites is 1. The number of anilines is 1. The molecule has 1 amide bonds. The van der Waals surface area contributed by atoms with Crippen LogP contribution in [0.5, 0.6) is 5.75 Å². The van der Waals surface area contributed by atoms with Crippen LogP contribution in [0, 0.1) is 6.92 Å². The van der Waals surface area contributed by atoms with Crippen molar-refractivity contribution in [1.82, 2.24) is 10.2 Å². The van der Waals surface area contributed by atoms with Gasteiger partial charge in [0.25, 0.3) is 5.91 Å². The van der Waals surface area contributed by atoms with Crippen LogP contribution in [0.2, 0.25) is 0 Å². The van der Waals surface area contributed by atoms with Gasteiger partial charge >= 0.3 is 0 Å². The Kier molecular flexibility index (Phi) is 5.68. The van der Waals surface area contributed by atoms with Gasteiger partial charge in [0.15, 0.2) is 5.43 Å². The maximum atomic E-state index is 13.6. The van der Waals surface area contributed by atoms with Crippen molar-refractivity contribution in [1.29, 1.82) is 0 Å². The molecular weight excluding hydrogens is 438 g/mol. The second kappa shape index (κ2) is 8.78. The van der Waals surface area contributed by atoms with Gasteiger partial charge in [-0.2, -0.15) is 0 Å². The van der Waals surface area contributed by atoms with Crippen LogP contribution in [0.4, 0.5) is 5.13 Å². The Hall–Kier alpha value is -3.52. The van der Waals surface area contributed by atoms with Crippen LogP contribution < -0.4 is 15.1 Å². The van der Waals surface area contributed by atoms with Crippen LogP contribution in [0.1, 0.15) is 58.9 Å². The SMILES string of the molecule is CCCCCOc1cccc([C@H]2c3c(oc4ccccc4c3=O)C(=O)N2c2nnc(C)s2)c1. The smallest absolute Gasteiger partial charge is 0.297 e. The van der Waals surface area contributed by atoms with Crippen molar-refractivity contribution in [3.05, 3.63) is 80.6 Å². The van der Waals surface area contributed by atoms with Gasteiger partial charge in [-0.3, -0.25) is 14.5 Å². The molecule has 4 aromatic rings. The highest BCUT2D eigenvalue weighted by Crippen LogP contribution is 2.42. The van der Waals surface area contributed by atoms with E-state index in [0.717, 1.165) is 29.8 Å². The Bertz CT molecular complexity index is 1390. The molecule has 1 atom stereocenters. The van der Waals surface area contributed by atoms with Crippen molar-refractivity contribution >= 4 is 33.3 Å². The van der Waals surface area contributed by atoms with E-state index in [4.69, 9.17) is 9.15 Å². The normalized spacial score (nSPS) is 15.3. The molecule has 0 saturated heterocycles. The van der Waals surface area contributed by atoms with Crippen LogP contribution in [-0.4, -0.2) is 22.7 Å². The second-order valence-electron chi connectivity index (χ2n) is 7.98. The fourth-order valence-corrected chi connectivity index (χ4v) is 4.85. The Balaban J connectivity index is 1.65. The van der Waals surface area contributed by atoms with E-state index in [1.807, 2.05) is 31.2 Å². The van der Waals surface area contributed by atoms with Gasteiger partial charge in [0.05, 0.1) is 23.6 Å². The lowest BCUT2D eigenvalue weighted by atomic mass is 9.98. The number of amides is 1. The van der Waals surface area contributed by atoms with Crippen LogP contribution in [0.25, 0.3) is 11.0 Å². The third kappa shape index (κ3) is 3.80. The zero-order chi connectivity index (χ0) is 22.9. The highest BCUT2D eigenvalue weighted by atomic mass is 32.1. The average Bonchev–Trinajstić information content (AvgIpc) is 3.38. The summed E-state index contributed by atoms with van der Waals surface area (Å²) >= 11 is 1.30. The summed E-state index contributed by atoms with van der Waals surface area (Å²) in [5.74, 6) is 0.345. The minimum atomic E-state index is -0.681. The Labute approximate surface area is 194 Å². The maximum absolute atomic E-state index is 13.6. The first-order chi connectivity index (χ1) is 16.1. The van der Waals surface area contributed by atoms with Crippen LogP contribution in [-0.2, 0) is 0 Å². The fourth-order valence-electron chi connectivity index (χ4n) is 4.13. The maximum Gasteiger partial charge on any atom is 0.297 e. The Morgan fingerprint density at radius 1 is 1.09 bits per heavy atom. The summed E-state index contributed by atoms with van der Waals surface area (Å²) in [6.45, 7) is 4.59. The molecule has 0 aliphatic carbocycles. The topological polar surface area (TPSA) is 85.5 Å². The van der Waals surface area contributed by atoms with Crippen molar-refractivity contribution in [2.75, 3.05) is 11.5 Å².